The molecule has 1 saturated heterocycles. The first-order chi connectivity index (χ1) is 19.6. The van der Waals surface area contributed by atoms with E-state index in [1.54, 1.807) is 18.2 Å². The second kappa shape index (κ2) is 12.6. The molecule has 0 saturated carbocycles. The van der Waals surface area contributed by atoms with Crippen LogP contribution in [-0.2, 0) is 36.8 Å². The first-order valence-electron chi connectivity index (χ1n) is 12.3. The average molecular weight is 685 g/mol. The second-order valence-electron chi connectivity index (χ2n) is 9.44. The molecule has 3 aromatic rings. The first kappa shape index (κ1) is 32.4. The van der Waals surface area contributed by atoms with E-state index in [0.717, 1.165) is 12.1 Å². The molecule has 0 bridgehead atoms. The standard InChI is InChI=1S/C26H23Cl3F3N3O5S2/c27-22-2-1-3-23(28)20(22)15-41(37,38)35-12-10-16(11-13-35)25(36)33-17-4-7-19(8-5-17)42(39,40)34-18-6-9-24(29)21(14-18)26(30,31)32/h1-9,14,16,34H,10-13,15H2,(H,33,36). The Balaban J connectivity index is 1.35. The summed E-state index contributed by atoms with van der Waals surface area (Å²) < 4.78 is 94.0. The summed E-state index contributed by atoms with van der Waals surface area (Å²) in [5.74, 6) is -1.22. The van der Waals surface area contributed by atoms with E-state index in [9.17, 15) is 34.8 Å². The first-order valence-corrected chi connectivity index (χ1v) is 16.5. The number of sulfonamides is 2. The van der Waals surface area contributed by atoms with Crippen molar-refractivity contribution in [2.24, 2.45) is 5.92 Å². The van der Waals surface area contributed by atoms with Gasteiger partial charge in [-0.2, -0.15) is 13.2 Å². The van der Waals surface area contributed by atoms with E-state index < -0.39 is 42.7 Å². The normalized spacial score (nSPS) is 15.4. The summed E-state index contributed by atoms with van der Waals surface area (Å²) in [5, 5.41) is 2.60. The molecule has 0 atom stereocenters. The Morgan fingerprint density at radius 1 is 0.857 bits per heavy atom. The number of anilines is 2. The molecule has 0 unspecified atom stereocenters. The van der Waals surface area contributed by atoms with Crippen molar-refractivity contribution in [2.75, 3.05) is 23.1 Å². The summed E-state index contributed by atoms with van der Waals surface area (Å²) >= 11 is 17.8. The number of piperidine rings is 1. The van der Waals surface area contributed by atoms with Crippen molar-refractivity contribution in [3.63, 3.8) is 0 Å². The fourth-order valence-corrected chi connectivity index (χ4v) is 7.91. The molecule has 1 aliphatic rings. The van der Waals surface area contributed by atoms with E-state index in [0.29, 0.717) is 11.6 Å². The average Bonchev–Trinajstić information content (AvgIpc) is 2.91. The summed E-state index contributed by atoms with van der Waals surface area (Å²) in [5.41, 5.74) is -0.919. The molecule has 42 heavy (non-hydrogen) atoms. The van der Waals surface area contributed by atoms with Gasteiger partial charge in [-0.3, -0.25) is 9.52 Å². The highest BCUT2D eigenvalue weighted by Crippen LogP contribution is 2.36. The summed E-state index contributed by atoms with van der Waals surface area (Å²) in [6, 6.07) is 12.4. The zero-order chi connectivity index (χ0) is 30.9. The molecular weight excluding hydrogens is 662 g/mol. The van der Waals surface area contributed by atoms with Gasteiger partial charge in [-0.05, 0) is 67.4 Å². The zero-order valence-electron chi connectivity index (χ0n) is 21.5. The summed E-state index contributed by atoms with van der Waals surface area (Å²) in [6.07, 6.45) is -4.24. The molecule has 2 N–H and O–H groups in total. The molecule has 0 spiro atoms. The topological polar surface area (TPSA) is 113 Å². The lowest BCUT2D eigenvalue weighted by Gasteiger charge is -2.30. The summed E-state index contributed by atoms with van der Waals surface area (Å²) in [4.78, 5) is 12.6. The fraction of sp³-hybridized carbons (Fsp3) is 0.269. The Morgan fingerprint density at radius 3 is 2.00 bits per heavy atom. The van der Waals surface area contributed by atoms with Crippen molar-refractivity contribution in [1.82, 2.24) is 4.31 Å². The van der Waals surface area contributed by atoms with Crippen molar-refractivity contribution in [1.29, 1.82) is 0 Å². The number of alkyl halides is 3. The molecule has 0 aliphatic carbocycles. The van der Waals surface area contributed by atoms with E-state index in [1.807, 2.05) is 0 Å². The largest absolute Gasteiger partial charge is 0.417 e. The van der Waals surface area contributed by atoms with Gasteiger partial charge in [0.25, 0.3) is 10.0 Å². The quantitative estimate of drug-likeness (QED) is 0.276. The van der Waals surface area contributed by atoms with Crippen molar-refractivity contribution in [3.05, 3.63) is 86.9 Å². The molecule has 3 aromatic carbocycles. The van der Waals surface area contributed by atoms with Crippen LogP contribution in [0.25, 0.3) is 0 Å². The van der Waals surface area contributed by atoms with Gasteiger partial charge in [-0.15, -0.1) is 0 Å². The van der Waals surface area contributed by atoms with Crippen LogP contribution < -0.4 is 10.0 Å². The van der Waals surface area contributed by atoms with Crippen molar-refractivity contribution < 1.29 is 34.8 Å². The SMILES string of the molecule is O=C(Nc1ccc(S(=O)(=O)Nc2ccc(Cl)c(C(F)(F)F)c2)cc1)C1CCN(S(=O)(=O)Cc2c(Cl)cccc2Cl)CC1. The predicted octanol–water partition coefficient (Wildman–Crippen LogP) is 6.65. The number of rotatable bonds is 8. The number of nitrogens with one attached hydrogen (secondary N) is 2. The monoisotopic (exact) mass is 683 g/mol. The van der Waals surface area contributed by atoms with Crippen LogP contribution in [0.5, 0.6) is 0 Å². The minimum Gasteiger partial charge on any atom is -0.326 e. The maximum absolute atomic E-state index is 13.1. The van der Waals surface area contributed by atoms with Crippen molar-refractivity contribution in [3.8, 4) is 0 Å². The van der Waals surface area contributed by atoms with Gasteiger partial charge in [-0.1, -0.05) is 40.9 Å². The van der Waals surface area contributed by atoms with Crippen LogP contribution in [0.3, 0.4) is 0 Å². The third-order valence-corrected chi connectivity index (χ3v) is 10.8. The minimum atomic E-state index is -4.77. The van der Waals surface area contributed by atoms with Gasteiger partial charge >= 0.3 is 6.18 Å². The van der Waals surface area contributed by atoms with Gasteiger partial charge in [0, 0.05) is 46.0 Å². The van der Waals surface area contributed by atoms with E-state index >= 15 is 0 Å². The van der Waals surface area contributed by atoms with Crippen molar-refractivity contribution >= 4 is 72.1 Å². The van der Waals surface area contributed by atoms with Crippen LogP contribution in [-0.4, -0.2) is 40.1 Å². The third-order valence-electron chi connectivity index (χ3n) is 6.56. The Hall–Kier alpha value is -2.55. The van der Waals surface area contributed by atoms with Crippen LogP contribution in [0.2, 0.25) is 15.1 Å². The number of carbonyl (C=O) groups is 1. The molecule has 8 nitrogen and oxygen atoms in total. The van der Waals surface area contributed by atoms with E-state index in [1.165, 1.54) is 28.6 Å². The number of halogens is 6. The van der Waals surface area contributed by atoms with Gasteiger partial charge < -0.3 is 5.32 Å². The summed E-state index contributed by atoms with van der Waals surface area (Å²) in [6.45, 7) is 0.234. The van der Waals surface area contributed by atoms with Gasteiger partial charge in [0.2, 0.25) is 15.9 Å². The lowest BCUT2D eigenvalue weighted by Crippen LogP contribution is -2.42. The number of benzene rings is 3. The Labute approximate surface area is 255 Å². The Bertz CT molecular complexity index is 1680. The smallest absolute Gasteiger partial charge is 0.326 e. The van der Waals surface area contributed by atoms with E-state index in [-0.39, 0.29) is 63.9 Å². The number of amides is 1. The van der Waals surface area contributed by atoms with Crippen LogP contribution in [0.1, 0.15) is 24.0 Å². The fourth-order valence-electron chi connectivity index (χ4n) is 4.32. The number of hydrogen-bond acceptors (Lipinski definition) is 5. The van der Waals surface area contributed by atoms with Crippen molar-refractivity contribution in [2.45, 2.75) is 29.7 Å². The predicted molar refractivity (Wildman–Crippen MR) is 156 cm³/mol. The van der Waals surface area contributed by atoms with Gasteiger partial charge in [0.05, 0.1) is 21.2 Å². The Morgan fingerprint density at radius 2 is 1.43 bits per heavy atom. The molecule has 1 fully saturated rings. The number of hydrogen-bond donors (Lipinski definition) is 2. The number of nitrogens with zero attached hydrogens (tertiary/aromatic N) is 1. The summed E-state index contributed by atoms with van der Waals surface area (Å²) in [7, 11) is -7.99. The lowest BCUT2D eigenvalue weighted by molar-refractivity contribution is -0.137. The highest BCUT2D eigenvalue weighted by Gasteiger charge is 2.34. The van der Waals surface area contributed by atoms with Crippen LogP contribution >= 0.6 is 34.8 Å². The maximum Gasteiger partial charge on any atom is 0.417 e. The van der Waals surface area contributed by atoms with E-state index in [2.05, 4.69) is 10.0 Å². The third kappa shape index (κ3) is 7.69. The lowest BCUT2D eigenvalue weighted by atomic mass is 9.97. The molecule has 1 heterocycles. The van der Waals surface area contributed by atoms with Gasteiger partial charge in [0.15, 0.2) is 0 Å². The zero-order valence-corrected chi connectivity index (χ0v) is 25.4. The van der Waals surface area contributed by atoms with Crippen LogP contribution in [0.15, 0.2) is 65.6 Å². The Kier molecular flexibility index (Phi) is 9.70. The molecular formula is C26H23Cl3F3N3O5S2. The molecule has 0 aromatic heterocycles. The van der Waals surface area contributed by atoms with Crippen LogP contribution in [0.4, 0.5) is 24.5 Å². The van der Waals surface area contributed by atoms with E-state index in [4.69, 9.17) is 34.8 Å². The second-order valence-corrected chi connectivity index (χ2v) is 14.3. The minimum absolute atomic E-state index is 0.117. The molecule has 16 heteroatoms. The van der Waals surface area contributed by atoms with Gasteiger partial charge in [0.1, 0.15) is 0 Å². The molecule has 4 rings (SSSR count). The maximum atomic E-state index is 13.1. The highest BCUT2D eigenvalue weighted by atomic mass is 35.5. The van der Waals surface area contributed by atoms with Gasteiger partial charge in [-0.25, -0.2) is 21.1 Å². The van der Waals surface area contributed by atoms with Crippen LogP contribution in [0, 0.1) is 5.92 Å². The number of carbonyl (C=O) groups excluding carboxylic acids is 1. The highest BCUT2D eigenvalue weighted by molar-refractivity contribution is 7.92. The molecule has 1 amide bonds. The molecule has 1 aliphatic heterocycles. The molecule has 0 radical (unpaired) electrons. The molecule has 226 valence electrons.